The van der Waals surface area contributed by atoms with Crippen LogP contribution in [0.5, 0.6) is 11.5 Å². The van der Waals surface area contributed by atoms with Gasteiger partial charge in [-0.2, -0.15) is 5.10 Å². The molecule has 0 aliphatic heterocycles. The van der Waals surface area contributed by atoms with Crippen LogP contribution in [0.25, 0.3) is 0 Å². The number of nitrogens with zero attached hydrogens (tertiary/aromatic N) is 3. The number of aromatic nitrogens is 2. The fraction of sp³-hybridized carbons (Fsp3) is 0.304. The van der Waals surface area contributed by atoms with E-state index >= 15 is 0 Å². The van der Waals surface area contributed by atoms with Crippen molar-refractivity contribution in [3.63, 3.8) is 0 Å². The van der Waals surface area contributed by atoms with Crippen molar-refractivity contribution in [2.75, 3.05) is 12.8 Å². The van der Waals surface area contributed by atoms with Crippen LogP contribution >= 0.6 is 0 Å². The van der Waals surface area contributed by atoms with Crippen molar-refractivity contribution < 1.29 is 9.47 Å². The van der Waals surface area contributed by atoms with E-state index in [1.54, 1.807) is 24.2 Å². The summed E-state index contributed by atoms with van der Waals surface area (Å²) in [6.07, 6.45) is 3.51. The van der Waals surface area contributed by atoms with Crippen LogP contribution in [-0.4, -0.2) is 23.0 Å². The zero-order chi connectivity index (χ0) is 21.0. The number of rotatable bonds is 6. The third kappa shape index (κ3) is 5.16. The summed E-state index contributed by atoms with van der Waals surface area (Å²) < 4.78 is 13.0. The van der Waals surface area contributed by atoms with Gasteiger partial charge in [-0.05, 0) is 53.8 Å². The summed E-state index contributed by atoms with van der Waals surface area (Å²) in [6.45, 7) is 8.85. The van der Waals surface area contributed by atoms with Crippen LogP contribution in [0, 0.1) is 6.92 Å². The normalized spacial score (nSPS) is 11.8. The third-order valence-electron chi connectivity index (χ3n) is 4.59. The van der Waals surface area contributed by atoms with Crippen LogP contribution < -0.4 is 15.2 Å². The van der Waals surface area contributed by atoms with E-state index in [-0.39, 0.29) is 5.41 Å². The van der Waals surface area contributed by atoms with Gasteiger partial charge < -0.3 is 15.2 Å². The highest BCUT2D eigenvalue weighted by molar-refractivity contribution is 5.80. The first-order valence-corrected chi connectivity index (χ1v) is 9.52. The van der Waals surface area contributed by atoms with Gasteiger partial charge in [0.25, 0.3) is 0 Å². The second-order valence-corrected chi connectivity index (χ2v) is 7.96. The van der Waals surface area contributed by atoms with Gasteiger partial charge in [0.2, 0.25) is 5.95 Å². The number of nitrogen functional groups attached to an aromatic ring is 1. The van der Waals surface area contributed by atoms with Gasteiger partial charge in [0.15, 0.2) is 0 Å². The number of imidazole rings is 1. The molecule has 1 heterocycles. The van der Waals surface area contributed by atoms with Crippen molar-refractivity contribution in [1.29, 1.82) is 0 Å². The summed E-state index contributed by atoms with van der Waals surface area (Å²) >= 11 is 0. The topological polar surface area (TPSA) is 74.7 Å². The van der Waals surface area contributed by atoms with Gasteiger partial charge in [-0.3, -0.25) is 0 Å². The van der Waals surface area contributed by atoms with E-state index in [0.717, 1.165) is 28.3 Å². The molecule has 6 nitrogen and oxygen atoms in total. The van der Waals surface area contributed by atoms with Crippen molar-refractivity contribution in [3.8, 4) is 11.5 Å². The number of hydrogen-bond donors (Lipinski definition) is 1. The average Bonchev–Trinajstić information content (AvgIpc) is 3.01. The highest BCUT2D eigenvalue weighted by Crippen LogP contribution is 2.26. The molecule has 0 saturated carbocycles. The maximum atomic E-state index is 5.98. The van der Waals surface area contributed by atoms with Gasteiger partial charge >= 0.3 is 0 Å². The SMILES string of the molecule is COc1ccc(C=Nn2cc(C)nc2N)cc1COc1ccc(C(C)(C)C)cc1. The van der Waals surface area contributed by atoms with Crippen molar-refractivity contribution in [3.05, 3.63) is 71.0 Å². The fourth-order valence-corrected chi connectivity index (χ4v) is 2.93. The summed E-state index contributed by atoms with van der Waals surface area (Å²) in [4.78, 5) is 4.14. The summed E-state index contributed by atoms with van der Waals surface area (Å²) in [7, 11) is 1.65. The third-order valence-corrected chi connectivity index (χ3v) is 4.59. The zero-order valence-corrected chi connectivity index (χ0v) is 17.6. The van der Waals surface area contributed by atoms with Gasteiger partial charge in [-0.1, -0.05) is 32.9 Å². The standard InChI is InChI=1S/C23H28N4O2/c1-16-14-27(22(24)26-16)25-13-17-6-11-21(28-5)18(12-17)15-29-20-9-7-19(8-10-20)23(2,3)4/h6-14H,15H2,1-5H3,(H2,24,26). The Labute approximate surface area is 172 Å². The van der Waals surface area contributed by atoms with Crippen LogP contribution in [-0.2, 0) is 12.0 Å². The number of hydrogen-bond acceptors (Lipinski definition) is 5. The molecule has 6 heteroatoms. The molecule has 3 aromatic rings. The highest BCUT2D eigenvalue weighted by Gasteiger charge is 2.13. The first kappa shape index (κ1) is 20.5. The van der Waals surface area contributed by atoms with Crippen LogP contribution in [0.4, 0.5) is 5.95 Å². The lowest BCUT2D eigenvalue weighted by Gasteiger charge is -2.19. The van der Waals surface area contributed by atoms with Crippen molar-refractivity contribution >= 4 is 12.2 Å². The molecule has 0 unspecified atom stereocenters. The molecule has 0 bridgehead atoms. The smallest absolute Gasteiger partial charge is 0.221 e. The molecule has 152 valence electrons. The second-order valence-electron chi connectivity index (χ2n) is 7.96. The second kappa shape index (κ2) is 8.39. The minimum Gasteiger partial charge on any atom is -0.496 e. The van der Waals surface area contributed by atoms with Crippen molar-refractivity contribution in [1.82, 2.24) is 9.66 Å². The minimum absolute atomic E-state index is 0.118. The lowest BCUT2D eigenvalue weighted by atomic mass is 9.87. The quantitative estimate of drug-likeness (QED) is 0.625. The van der Waals surface area contributed by atoms with Crippen LogP contribution in [0.15, 0.2) is 53.8 Å². The monoisotopic (exact) mass is 392 g/mol. The summed E-state index contributed by atoms with van der Waals surface area (Å²) in [5.41, 5.74) is 9.89. The molecular formula is C23H28N4O2. The molecule has 0 fully saturated rings. The lowest BCUT2D eigenvalue weighted by Crippen LogP contribution is -2.10. The maximum Gasteiger partial charge on any atom is 0.221 e. The van der Waals surface area contributed by atoms with Gasteiger partial charge in [0, 0.05) is 5.56 Å². The van der Waals surface area contributed by atoms with E-state index in [0.29, 0.717) is 12.6 Å². The van der Waals surface area contributed by atoms with Crippen LogP contribution in [0.1, 0.15) is 43.2 Å². The molecule has 2 aromatic carbocycles. The van der Waals surface area contributed by atoms with Gasteiger partial charge in [-0.15, -0.1) is 0 Å². The Hall–Kier alpha value is -3.28. The molecule has 0 radical (unpaired) electrons. The number of nitrogens with two attached hydrogens (primary N) is 1. The predicted octanol–water partition coefficient (Wildman–Crippen LogP) is 4.54. The van der Waals surface area contributed by atoms with E-state index < -0.39 is 0 Å². The Morgan fingerprint density at radius 1 is 1.14 bits per heavy atom. The molecule has 0 atom stereocenters. The van der Waals surface area contributed by atoms with E-state index in [9.17, 15) is 0 Å². The zero-order valence-electron chi connectivity index (χ0n) is 17.6. The Morgan fingerprint density at radius 2 is 1.86 bits per heavy atom. The van der Waals surface area contributed by atoms with E-state index in [2.05, 4.69) is 43.0 Å². The largest absolute Gasteiger partial charge is 0.496 e. The molecule has 2 N–H and O–H groups in total. The molecular weight excluding hydrogens is 364 g/mol. The first-order valence-electron chi connectivity index (χ1n) is 9.52. The van der Waals surface area contributed by atoms with Crippen LogP contribution in [0.2, 0.25) is 0 Å². The summed E-state index contributed by atoms with van der Waals surface area (Å²) in [5.74, 6) is 1.95. The molecule has 0 saturated heterocycles. The van der Waals surface area contributed by atoms with Gasteiger partial charge in [0.1, 0.15) is 18.1 Å². The van der Waals surface area contributed by atoms with Gasteiger partial charge in [-0.25, -0.2) is 9.66 Å². The molecule has 0 spiro atoms. The Kier molecular flexibility index (Phi) is 5.92. The molecule has 0 aliphatic carbocycles. The lowest BCUT2D eigenvalue weighted by molar-refractivity contribution is 0.296. The summed E-state index contributed by atoms with van der Waals surface area (Å²) in [5, 5.41) is 4.37. The van der Waals surface area contributed by atoms with Crippen LogP contribution in [0.3, 0.4) is 0 Å². The number of benzene rings is 2. The molecule has 3 rings (SSSR count). The number of ether oxygens (including phenoxy) is 2. The summed E-state index contributed by atoms with van der Waals surface area (Å²) in [6, 6.07) is 14.0. The van der Waals surface area contributed by atoms with E-state index in [4.69, 9.17) is 15.2 Å². The van der Waals surface area contributed by atoms with E-state index in [1.165, 1.54) is 5.56 Å². The Balaban J connectivity index is 1.74. The maximum absolute atomic E-state index is 5.98. The molecule has 29 heavy (non-hydrogen) atoms. The van der Waals surface area contributed by atoms with E-state index in [1.807, 2.05) is 37.3 Å². The predicted molar refractivity (Wildman–Crippen MR) is 117 cm³/mol. The van der Waals surface area contributed by atoms with Crippen molar-refractivity contribution in [2.24, 2.45) is 5.10 Å². The average molecular weight is 393 g/mol. The number of anilines is 1. The fourth-order valence-electron chi connectivity index (χ4n) is 2.93. The Morgan fingerprint density at radius 3 is 2.45 bits per heavy atom. The molecule has 0 amide bonds. The highest BCUT2D eigenvalue weighted by atomic mass is 16.5. The minimum atomic E-state index is 0.118. The Bertz CT molecular complexity index is 999. The molecule has 0 aliphatic rings. The number of methoxy groups -OCH3 is 1. The van der Waals surface area contributed by atoms with Crippen molar-refractivity contribution in [2.45, 2.75) is 39.7 Å². The molecule has 1 aromatic heterocycles. The number of aryl methyl sites for hydroxylation is 1. The van der Waals surface area contributed by atoms with Gasteiger partial charge in [0.05, 0.1) is 25.2 Å². The first-order chi connectivity index (χ1) is 13.8.